The van der Waals surface area contributed by atoms with Crippen molar-refractivity contribution in [3.63, 3.8) is 0 Å². The summed E-state index contributed by atoms with van der Waals surface area (Å²) in [6.45, 7) is 0.269. The van der Waals surface area contributed by atoms with Crippen molar-refractivity contribution in [1.82, 2.24) is 0 Å². The first kappa shape index (κ1) is 21.6. The fraction of sp³-hybridized carbons (Fsp3) is 0. The first-order valence-corrected chi connectivity index (χ1v) is 14.3. The maximum Gasteiger partial charge on any atom is 0.256 e. The summed E-state index contributed by atoms with van der Waals surface area (Å²) < 4.78 is 6.53. The van der Waals surface area contributed by atoms with Crippen LogP contribution >= 0.6 is 0 Å². The van der Waals surface area contributed by atoms with Crippen molar-refractivity contribution in [2.24, 2.45) is 0 Å². The number of hydrogen-bond acceptors (Lipinski definition) is 3. The summed E-state index contributed by atoms with van der Waals surface area (Å²) in [7, 11) is 0. The summed E-state index contributed by atoms with van der Waals surface area (Å²) in [4.78, 5) is 4.95. The summed E-state index contributed by atoms with van der Waals surface area (Å²) in [5.74, 6) is 1.90. The first-order valence-electron chi connectivity index (χ1n) is 14.3. The number of nitrogens with zero attached hydrogens (tertiary/aromatic N) is 2. The Morgan fingerprint density at radius 2 is 0.927 bits per heavy atom. The molecular formula is C36H22B2N2O. The largest absolute Gasteiger partial charge is 0.458 e. The van der Waals surface area contributed by atoms with E-state index in [-0.39, 0.29) is 13.4 Å². The lowest BCUT2D eigenvalue weighted by atomic mass is 9.29. The summed E-state index contributed by atoms with van der Waals surface area (Å²) in [6.07, 6.45) is 0. The minimum Gasteiger partial charge on any atom is -0.458 e. The van der Waals surface area contributed by atoms with Crippen molar-refractivity contribution in [1.29, 1.82) is 0 Å². The predicted octanol–water partition coefficient (Wildman–Crippen LogP) is 4.70. The lowest BCUT2D eigenvalue weighted by molar-refractivity contribution is 0.487. The van der Waals surface area contributed by atoms with Crippen LogP contribution in [0.4, 0.5) is 34.1 Å². The van der Waals surface area contributed by atoms with Crippen LogP contribution in [0.15, 0.2) is 133 Å². The van der Waals surface area contributed by atoms with Crippen molar-refractivity contribution < 1.29 is 4.74 Å². The van der Waals surface area contributed by atoms with Crippen LogP contribution in [0.1, 0.15) is 0 Å². The quantitative estimate of drug-likeness (QED) is 0.292. The van der Waals surface area contributed by atoms with Crippen LogP contribution < -0.4 is 47.3 Å². The number of hydrogen-bond donors (Lipinski definition) is 0. The van der Waals surface area contributed by atoms with E-state index in [0.717, 1.165) is 11.5 Å². The van der Waals surface area contributed by atoms with Crippen LogP contribution in [-0.4, -0.2) is 13.4 Å². The van der Waals surface area contributed by atoms with Gasteiger partial charge in [-0.25, -0.2) is 0 Å². The van der Waals surface area contributed by atoms with Gasteiger partial charge in [0.25, 0.3) is 13.4 Å². The zero-order chi connectivity index (χ0) is 26.7. The number of fused-ring (bicyclic) bond motifs is 8. The monoisotopic (exact) mass is 520 g/mol. The minimum atomic E-state index is 0.127. The fourth-order valence-electron chi connectivity index (χ4n) is 7.82. The molecular weight excluding hydrogens is 498 g/mol. The van der Waals surface area contributed by atoms with Crippen LogP contribution in [0.3, 0.4) is 0 Å². The molecule has 0 amide bonds. The molecule has 188 valence electrons. The summed E-state index contributed by atoms with van der Waals surface area (Å²) >= 11 is 0. The van der Waals surface area contributed by atoms with Gasteiger partial charge in [-0.2, -0.15) is 0 Å². The second kappa shape index (κ2) is 7.74. The maximum atomic E-state index is 6.53. The molecule has 0 fully saturated rings. The normalized spacial score (nSPS) is 14.3. The first-order chi connectivity index (χ1) is 20.4. The average molecular weight is 520 g/mol. The number of anilines is 6. The fourth-order valence-corrected chi connectivity index (χ4v) is 7.82. The third-order valence-corrected chi connectivity index (χ3v) is 9.30. The topological polar surface area (TPSA) is 15.7 Å². The van der Waals surface area contributed by atoms with Crippen LogP contribution in [0.2, 0.25) is 0 Å². The zero-order valence-corrected chi connectivity index (χ0v) is 22.2. The van der Waals surface area contributed by atoms with E-state index in [0.29, 0.717) is 0 Å². The standard InChI is InChI=1S/C36H22B2N2O/c1-2-11-23(12-3-1)39-28-17-6-4-13-24(28)37-26-15-8-16-27-36(26)40(30-19-9-18-29(39)34(30)37)31-20-10-22-33-35(31)38(27)25-14-5-7-21-32(25)41-33/h1-22H. The molecule has 5 heteroatoms. The molecule has 0 bridgehead atoms. The Kier molecular flexibility index (Phi) is 4.08. The maximum absolute atomic E-state index is 6.53. The lowest BCUT2D eigenvalue weighted by Crippen LogP contribution is -2.67. The van der Waals surface area contributed by atoms with E-state index >= 15 is 0 Å². The van der Waals surface area contributed by atoms with E-state index in [9.17, 15) is 0 Å². The van der Waals surface area contributed by atoms with Crippen molar-refractivity contribution >= 4 is 80.3 Å². The Labute approximate surface area is 239 Å². The van der Waals surface area contributed by atoms with E-state index in [2.05, 4.69) is 143 Å². The van der Waals surface area contributed by atoms with Crippen LogP contribution in [0.5, 0.6) is 11.5 Å². The van der Waals surface area contributed by atoms with Crippen molar-refractivity contribution in [3.05, 3.63) is 133 Å². The molecule has 0 atom stereocenters. The molecule has 4 aliphatic heterocycles. The molecule has 0 aromatic heterocycles. The molecule has 4 aliphatic rings. The highest BCUT2D eigenvalue weighted by molar-refractivity contribution is 7.04. The van der Waals surface area contributed by atoms with Crippen LogP contribution in [0, 0.1) is 0 Å². The average Bonchev–Trinajstić information content (AvgIpc) is 3.03. The van der Waals surface area contributed by atoms with Gasteiger partial charge in [-0.3, -0.25) is 0 Å². The third-order valence-electron chi connectivity index (χ3n) is 9.30. The molecule has 0 aliphatic carbocycles. The molecule has 10 rings (SSSR count). The molecule has 41 heavy (non-hydrogen) atoms. The Morgan fingerprint density at radius 1 is 0.390 bits per heavy atom. The van der Waals surface area contributed by atoms with Crippen molar-refractivity contribution in [2.75, 3.05) is 9.80 Å². The second-order valence-corrected chi connectivity index (χ2v) is 11.3. The van der Waals surface area contributed by atoms with Crippen molar-refractivity contribution in [2.45, 2.75) is 0 Å². The van der Waals surface area contributed by atoms with E-state index in [4.69, 9.17) is 4.74 Å². The lowest BCUT2D eigenvalue weighted by Gasteiger charge is -2.48. The smallest absolute Gasteiger partial charge is 0.256 e. The molecule has 6 aromatic rings. The molecule has 0 radical (unpaired) electrons. The Hall–Kier alpha value is -5.15. The summed E-state index contributed by atoms with van der Waals surface area (Å²) in [5.41, 5.74) is 15.3. The zero-order valence-electron chi connectivity index (χ0n) is 22.2. The van der Waals surface area contributed by atoms with Gasteiger partial charge in [0.1, 0.15) is 11.5 Å². The molecule has 3 nitrogen and oxygen atoms in total. The third kappa shape index (κ3) is 2.66. The minimum absolute atomic E-state index is 0.127. The highest BCUT2D eigenvalue weighted by atomic mass is 16.5. The van der Waals surface area contributed by atoms with Crippen LogP contribution in [-0.2, 0) is 0 Å². The SMILES string of the molecule is c1ccc(N2c3ccccc3B3c4cccc5c4N(c4cccc6c4B5c4ccccc4O6)c4cccc2c43)cc1. The van der Waals surface area contributed by atoms with Gasteiger partial charge in [0, 0.05) is 34.1 Å². The Balaban J connectivity index is 1.32. The van der Waals surface area contributed by atoms with E-state index in [1.807, 2.05) is 0 Å². The Bertz CT molecular complexity index is 2080. The van der Waals surface area contributed by atoms with Gasteiger partial charge in [0.15, 0.2) is 0 Å². The Morgan fingerprint density at radius 3 is 1.76 bits per heavy atom. The van der Waals surface area contributed by atoms with Crippen LogP contribution in [0.25, 0.3) is 0 Å². The van der Waals surface area contributed by atoms with Gasteiger partial charge in [0.05, 0.1) is 0 Å². The number of para-hydroxylation sites is 4. The van der Waals surface area contributed by atoms with Gasteiger partial charge in [-0.15, -0.1) is 0 Å². The molecule has 0 spiro atoms. The summed E-state index contributed by atoms with van der Waals surface area (Å²) in [6, 6.07) is 48.5. The van der Waals surface area contributed by atoms with E-state index in [1.165, 1.54) is 66.9 Å². The highest BCUT2D eigenvalue weighted by Gasteiger charge is 2.49. The van der Waals surface area contributed by atoms with Crippen molar-refractivity contribution in [3.8, 4) is 11.5 Å². The summed E-state index contributed by atoms with van der Waals surface area (Å²) in [5, 5.41) is 0. The number of rotatable bonds is 1. The molecule has 0 N–H and O–H groups in total. The molecule has 0 unspecified atom stereocenters. The van der Waals surface area contributed by atoms with Gasteiger partial charge in [-0.1, -0.05) is 84.9 Å². The van der Waals surface area contributed by atoms with Gasteiger partial charge in [-0.05, 0) is 81.3 Å². The van der Waals surface area contributed by atoms with E-state index < -0.39 is 0 Å². The second-order valence-electron chi connectivity index (χ2n) is 11.3. The molecule has 0 saturated carbocycles. The molecule has 0 saturated heterocycles. The predicted molar refractivity (Wildman–Crippen MR) is 172 cm³/mol. The van der Waals surface area contributed by atoms with E-state index in [1.54, 1.807) is 0 Å². The molecule has 4 heterocycles. The highest BCUT2D eigenvalue weighted by Crippen LogP contribution is 2.45. The van der Waals surface area contributed by atoms with Gasteiger partial charge in [0.2, 0.25) is 0 Å². The number of ether oxygens (including phenoxy) is 1. The molecule has 6 aromatic carbocycles. The number of benzene rings is 6. The van der Waals surface area contributed by atoms with Gasteiger partial charge >= 0.3 is 0 Å². The van der Waals surface area contributed by atoms with Gasteiger partial charge < -0.3 is 14.5 Å².